The summed E-state index contributed by atoms with van der Waals surface area (Å²) in [5.41, 5.74) is 0.632. The Morgan fingerprint density at radius 2 is 1.78 bits per heavy atom. The molecule has 8 nitrogen and oxygen atoms in total. The molecule has 2 fully saturated rings. The van der Waals surface area contributed by atoms with E-state index in [1.807, 2.05) is 0 Å². The molecule has 1 N–H and O–H groups in total. The lowest BCUT2D eigenvalue weighted by Gasteiger charge is -2.35. The molecule has 1 aromatic carbocycles. The van der Waals surface area contributed by atoms with Crippen LogP contribution in [0.2, 0.25) is 0 Å². The molecule has 27 heavy (non-hydrogen) atoms. The molecule has 3 rings (SSSR count). The Bertz CT molecular complexity index is 644. The summed E-state index contributed by atoms with van der Waals surface area (Å²) in [5, 5.41) is 2.95. The van der Waals surface area contributed by atoms with E-state index in [-0.39, 0.29) is 18.0 Å². The largest absolute Gasteiger partial charge is 0.497 e. The van der Waals surface area contributed by atoms with Gasteiger partial charge in [-0.25, -0.2) is 4.79 Å². The molecule has 0 aromatic heterocycles. The minimum absolute atomic E-state index is 0.0173. The summed E-state index contributed by atoms with van der Waals surface area (Å²) in [5.74, 6) is 0.706. The van der Waals surface area contributed by atoms with Crippen LogP contribution in [-0.4, -0.2) is 99.3 Å². The summed E-state index contributed by atoms with van der Waals surface area (Å²) in [6.07, 6.45) is 0.0330. The normalized spacial score (nSPS) is 21.0. The van der Waals surface area contributed by atoms with Crippen LogP contribution in [0.25, 0.3) is 0 Å². The number of hydrogen-bond acceptors (Lipinski definition) is 5. The molecule has 2 aliphatic heterocycles. The van der Waals surface area contributed by atoms with E-state index in [1.165, 1.54) is 0 Å². The van der Waals surface area contributed by atoms with Crippen molar-refractivity contribution in [2.24, 2.45) is 0 Å². The Kier molecular flexibility index (Phi) is 6.52. The Labute approximate surface area is 160 Å². The lowest BCUT2D eigenvalue weighted by atomic mass is 10.1. The van der Waals surface area contributed by atoms with Crippen molar-refractivity contribution in [2.75, 3.05) is 66.6 Å². The summed E-state index contributed by atoms with van der Waals surface area (Å²) in [4.78, 5) is 30.7. The molecular weight excluding hydrogens is 348 g/mol. The Morgan fingerprint density at radius 3 is 2.41 bits per heavy atom. The summed E-state index contributed by atoms with van der Waals surface area (Å²) in [6.45, 7) is 5.07. The fourth-order valence-electron chi connectivity index (χ4n) is 3.33. The van der Waals surface area contributed by atoms with E-state index in [2.05, 4.69) is 17.3 Å². The van der Waals surface area contributed by atoms with Crippen molar-refractivity contribution in [3.63, 3.8) is 0 Å². The molecule has 1 atom stereocenters. The molecule has 2 heterocycles. The standard InChI is InChI=1S/C19H28N4O4/c1-21-11-12-27-17(14-21)13-20-19(25)23-9-7-22(8-10-23)18(24)15-3-5-16(26-2)6-4-15/h3-6,17H,7-14H2,1-2H3,(H,20,25). The molecular formula is C19H28N4O4. The van der Waals surface area contributed by atoms with E-state index >= 15 is 0 Å². The molecule has 2 saturated heterocycles. The maximum atomic E-state index is 12.6. The minimum atomic E-state index is -0.0941. The number of benzene rings is 1. The Balaban J connectivity index is 1.43. The van der Waals surface area contributed by atoms with Crippen molar-refractivity contribution in [3.8, 4) is 5.75 Å². The predicted octanol–water partition coefficient (Wildman–Crippen LogP) is 0.493. The number of nitrogens with zero attached hydrogens (tertiary/aromatic N) is 3. The molecule has 0 aliphatic carbocycles. The van der Waals surface area contributed by atoms with E-state index in [1.54, 1.807) is 41.2 Å². The number of nitrogens with one attached hydrogen (secondary N) is 1. The predicted molar refractivity (Wildman–Crippen MR) is 101 cm³/mol. The topological polar surface area (TPSA) is 74.4 Å². The number of morpholine rings is 1. The Morgan fingerprint density at radius 1 is 1.11 bits per heavy atom. The minimum Gasteiger partial charge on any atom is -0.497 e. The highest BCUT2D eigenvalue weighted by molar-refractivity contribution is 5.94. The van der Waals surface area contributed by atoms with Crippen molar-refractivity contribution in [1.29, 1.82) is 0 Å². The lowest BCUT2D eigenvalue weighted by molar-refractivity contribution is -0.0173. The molecule has 148 valence electrons. The first kappa shape index (κ1) is 19.4. The third kappa shape index (κ3) is 5.11. The molecule has 0 spiro atoms. The number of urea groups is 1. The van der Waals surface area contributed by atoms with Gasteiger partial charge in [0, 0.05) is 51.4 Å². The third-order valence-electron chi connectivity index (χ3n) is 5.01. The van der Waals surface area contributed by atoms with Gasteiger partial charge in [-0.2, -0.15) is 0 Å². The van der Waals surface area contributed by atoms with Gasteiger partial charge in [0.05, 0.1) is 19.8 Å². The van der Waals surface area contributed by atoms with Gasteiger partial charge >= 0.3 is 6.03 Å². The summed E-state index contributed by atoms with van der Waals surface area (Å²) in [6, 6.07) is 7.00. The van der Waals surface area contributed by atoms with Crippen LogP contribution >= 0.6 is 0 Å². The van der Waals surface area contributed by atoms with Crippen LogP contribution in [0, 0.1) is 0 Å². The highest BCUT2D eigenvalue weighted by atomic mass is 16.5. The van der Waals surface area contributed by atoms with Gasteiger partial charge in [-0.15, -0.1) is 0 Å². The van der Waals surface area contributed by atoms with Gasteiger partial charge < -0.3 is 29.5 Å². The zero-order valence-corrected chi connectivity index (χ0v) is 16.0. The van der Waals surface area contributed by atoms with E-state index in [4.69, 9.17) is 9.47 Å². The van der Waals surface area contributed by atoms with Crippen LogP contribution in [0.15, 0.2) is 24.3 Å². The zero-order chi connectivity index (χ0) is 19.2. The lowest BCUT2D eigenvalue weighted by Crippen LogP contribution is -2.54. The first-order valence-electron chi connectivity index (χ1n) is 9.33. The van der Waals surface area contributed by atoms with Crippen molar-refractivity contribution < 1.29 is 19.1 Å². The number of ether oxygens (including phenoxy) is 2. The van der Waals surface area contributed by atoms with E-state index in [0.717, 1.165) is 18.8 Å². The fraction of sp³-hybridized carbons (Fsp3) is 0.579. The van der Waals surface area contributed by atoms with Gasteiger partial charge in [-0.05, 0) is 31.3 Å². The van der Waals surface area contributed by atoms with Gasteiger partial charge in [-0.3, -0.25) is 4.79 Å². The average Bonchev–Trinajstić information content (AvgIpc) is 2.72. The molecule has 1 unspecified atom stereocenters. The molecule has 0 saturated carbocycles. The first-order valence-corrected chi connectivity index (χ1v) is 9.33. The highest BCUT2D eigenvalue weighted by Gasteiger charge is 2.26. The third-order valence-corrected chi connectivity index (χ3v) is 5.01. The molecule has 2 aliphatic rings. The molecule has 3 amide bonds. The second-order valence-electron chi connectivity index (χ2n) is 6.95. The monoisotopic (exact) mass is 376 g/mol. The quantitative estimate of drug-likeness (QED) is 0.828. The number of rotatable bonds is 4. The fourth-order valence-corrected chi connectivity index (χ4v) is 3.33. The number of amides is 3. The molecule has 1 aromatic rings. The second kappa shape index (κ2) is 9.05. The maximum absolute atomic E-state index is 12.6. The van der Waals surface area contributed by atoms with E-state index in [9.17, 15) is 9.59 Å². The summed E-state index contributed by atoms with van der Waals surface area (Å²) < 4.78 is 10.8. The maximum Gasteiger partial charge on any atom is 0.317 e. The van der Waals surface area contributed by atoms with E-state index < -0.39 is 0 Å². The number of carbonyl (C=O) groups excluding carboxylic acids is 2. The second-order valence-corrected chi connectivity index (χ2v) is 6.95. The number of piperazine rings is 1. The van der Waals surface area contributed by atoms with Crippen molar-refractivity contribution in [2.45, 2.75) is 6.10 Å². The van der Waals surface area contributed by atoms with Gasteiger partial charge in [0.1, 0.15) is 5.75 Å². The smallest absolute Gasteiger partial charge is 0.317 e. The van der Waals surface area contributed by atoms with Crippen LogP contribution in [-0.2, 0) is 4.74 Å². The van der Waals surface area contributed by atoms with Crippen LogP contribution in [0.3, 0.4) is 0 Å². The SMILES string of the molecule is COc1ccc(C(=O)N2CCN(C(=O)NCC3CN(C)CCO3)CC2)cc1. The molecule has 0 radical (unpaired) electrons. The number of likely N-dealkylation sites (N-methyl/N-ethyl adjacent to an activating group) is 1. The van der Waals surface area contributed by atoms with Gasteiger partial charge in [0.15, 0.2) is 0 Å². The van der Waals surface area contributed by atoms with Crippen LogP contribution < -0.4 is 10.1 Å². The van der Waals surface area contributed by atoms with Crippen LogP contribution in [0.4, 0.5) is 4.79 Å². The van der Waals surface area contributed by atoms with Gasteiger partial charge in [-0.1, -0.05) is 0 Å². The van der Waals surface area contributed by atoms with Gasteiger partial charge in [0.2, 0.25) is 0 Å². The first-order chi connectivity index (χ1) is 13.1. The number of hydrogen-bond donors (Lipinski definition) is 1. The van der Waals surface area contributed by atoms with E-state index in [0.29, 0.717) is 44.9 Å². The number of methoxy groups -OCH3 is 1. The van der Waals surface area contributed by atoms with Gasteiger partial charge in [0.25, 0.3) is 5.91 Å². The van der Waals surface area contributed by atoms with Crippen LogP contribution in [0.5, 0.6) is 5.75 Å². The molecule has 0 bridgehead atoms. The Hall–Kier alpha value is -2.32. The summed E-state index contributed by atoms with van der Waals surface area (Å²) in [7, 11) is 3.65. The van der Waals surface area contributed by atoms with Crippen molar-refractivity contribution in [1.82, 2.24) is 20.0 Å². The zero-order valence-electron chi connectivity index (χ0n) is 16.0. The van der Waals surface area contributed by atoms with Crippen molar-refractivity contribution >= 4 is 11.9 Å². The average molecular weight is 376 g/mol. The summed E-state index contributed by atoms with van der Waals surface area (Å²) >= 11 is 0. The number of carbonyl (C=O) groups is 2. The highest BCUT2D eigenvalue weighted by Crippen LogP contribution is 2.14. The van der Waals surface area contributed by atoms with Crippen LogP contribution in [0.1, 0.15) is 10.4 Å². The van der Waals surface area contributed by atoms with Crippen molar-refractivity contribution in [3.05, 3.63) is 29.8 Å². The molecule has 8 heteroatoms.